The first-order valence-corrected chi connectivity index (χ1v) is 6.54. The van der Waals surface area contributed by atoms with E-state index in [1.807, 2.05) is 12.5 Å². The minimum atomic E-state index is 0.700. The second-order valence-corrected chi connectivity index (χ2v) is 5.37. The van der Waals surface area contributed by atoms with Gasteiger partial charge < -0.3 is 9.47 Å². The van der Waals surface area contributed by atoms with Gasteiger partial charge in [-0.1, -0.05) is 0 Å². The Labute approximate surface area is 97.5 Å². The molecule has 0 saturated heterocycles. The number of imidazole rings is 1. The minimum absolute atomic E-state index is 0.700. The lowest BCUT2D eigenvalue weighted by atomic mass is 9.90. The Morgan fingerprint density at radius 1 is 1.06 bits per heavy atom. The molecular weight excluding hydrogens is 198 g/mol. The lowest BCUT2D eigenvalue weighted by molar-refractivity contribution is 0.160. The molecule has 2 fully saturated rings. The van der Waals surface area contributed by atoms with E-state index in [4.69, 9.17) is 0 Å². The van der Waals surface area contributed by atoms with Gasteiger partial charge in [0.15, 0.2) is 0 Å². The van der Waals surface area contributed by atoms with E-state index in [9.17, 15) is 0 Å². The number of nitrogens with zero attached hydrogens (tertiary/aromatic N) is 3. The molecule has 0 radical (unpaired) electrons. The Balaban J connectivity index is 1.55. The van der Waals surface area contributed by atoms with E-state index in [1.165, 1.54) is 38.5 Å². The molecule has 88 valence electrons. The summed E-state index contributed by atoms with van der Waals surface area (Å²) in [7, 11) is 2.32. The summed E-state index contributed by atoms with van der Waals surface area (Å²) in [4.78, 5) is 6.77. The van der Waals surface area contributed by atoms with Crippen LogP contribution in [0.4, 0.5) is 0 Å². The van der Waals surface area contributed by atoms with Crippen molar-refractivity contribution in [1.82, 2.24) is 14.5 Å². The van der Waals surface area contributed by atoms with Crippen LogP contribution in [0.15, 0.2) is 18.7 Å². The van der Waals surface area contributed by atoms with Gasteiger partial charge in [0, 0.05) is 30.5 Å². The Kier molecular flexibility index (Phi) is 2.72. The van der Waals surface area contributed by atoms with Gasteiger partial charge in [-0.05, 0) is 45.6 Å². The number of rotatable bonds is 3. The molecule has 0 bridgehead atoms. The molecule has 2 saturated carbocycles. The Hall–Kier alpha value is -0.830. The maximum absolute atomic E-state index is 4.14. The minimum Gasteiger partial charge on any atom is -0.334 e. The maximum Gasteiger partial charge on any atom is 0.0948 e. The maximum atomic E-state index is 4.14. The van der Waals surface area contributed by atoms with Crippen LogP contribution in [0.1, 0.15) is 44.6 Å². The summed E-state index contributed by atoms with van der Waals surface area (Å²) in [5.41, 5.74) is 0. The fourth-order valence-corrected chi connectivity index (χ4v) is 3.03. The van der Waals surface area contributed by atoms with Crippen molar-refractivity contribution in [2.24, 2.45) is 0 Å². The highest BCUT2D eigenvalue weighted by molar-refractivity contribution is 4.91. The van der Waals surface area contributed by atoms with Gasteiger partial charge in [-0.25, -0.2) is 4.98 Å². The van der Waals surface area contributed by atoms with Crippen LogP contribution in [0.3, 0.4) is 0 Å². The normalized spacial score (nSPS) is 30.9. The third-order valence-corrected chi connectivity index (χ3v) is 4.31. The van der Waals surface area contributed by atoms with Gasteiger partial charge in [0.2, 0.25) is 0 Å². The summed E-state index contributed by atoms with van der Waals surface area (Å²) in [6.45, 7) is 0. The van der Waals surface area contributed by atoms with Crippen LogP contribution in [0, 0.1) is 0 Å². The van der Waals surface area contributed by atoms with Crippen LogP contribution < -0.4 is 0 Å². The lowest BCUT2D eigenvalue weighted by Gasteiger charge is -2.35. The average Bonchev–Trinajstić information content (AvgIpc) is 3.04. The van der Waals surface area contributed by atoms with Crippen molar-refractivity contribution < 1.29 is 0 Å². The molecule has 0 atom stereocenters. The van der Waals surface area contributed by atoms with Crippen LogP contribution in [-0.2, 0) is 0 Å². The molecule has 0 amide bonds. The number of aromatic nitrogens is 2. The summed E-state index contributed by atoms with van der Waals surface area (Å²) in [6.07, 6.45) is 14.2. The predicted octanol–water partition coefficient (Wildman–Crippen LogP) is 2.46. The van der Waals surface area contributed by atoms with E-state index < -0.39 is 0 Å². The largest absolute Gasteiger partial charge is 0.334 e. The number of hydrogen-bond acceptors (Lipinski definition) is 2. The van der Waals surface area contributed by atoms with E-state index in [0.717, 1.165) is 12.1 Å². The van der Waals surface area contributed by atoms with Crippen molar-refractivity contribution in [3.63, 3.8) is 0 Å². The smallest absolute Gasteiger partial charge is 0.0948 e. The molecule has 3 nitrogen and oxygen atoms in total. The van der Waals surface area contributed by atoms with Crippen LogP contribution in [0.5, 0.6) is 0 Å². The molecule has 1 aromatic heterocycles. The molecule has 0 aliphatic heterocycles. The van der Waals surface area contributed by atoms with E-state index in [-0.39, 0.29) is 0 Å². The monoisotopic (exact) mass is 219 g/mol. The van der Waals surface area contributed by atoms with Gasteiger partial charge in [0.1, 0.15) is 0 Å². The molecule has 1 aromatic rings. The second-order valence-electron chi connectivity index (χ2n) is 5.37. The molecule has 16 heavy (non-hydrogen) atoms. The zero-order valence-corrected chi connectivity index (χ0v) is 10.0. The highest BCUT2D eigenvalue weighted by Gasteiger charge is 2.33. The molecule has 0 spiro atoms. The lowest BCUT2D eigenvalue weighted by Crippen LogP contribution is -2.36. The quantitative estimate of drug-likeness (QED) is 0.778. The van der Waals surface area contributed by atoms with Gasteiger partial charge in [-0.3, -0.25) is 0 Å². The predicted molar refractivity (Wildman–Crippen MR) is 64.3 cm³/mol. The first-order valence-electron chi connectivity index (χ1n) is 6.54. The molecular formula is C13H21N3. The summed E-state index contributed by atoms with van der Waals surface area (Å²) in [5.74, 6) is 0. The summed E-state index contributed by atoms with van der Waals surface area (Å²) in [6, 6.07) is 2.45. The fourth-order valence-electron chi connectivity index (χ4n) is 3.03. The van der Waals surface area contributed by atoms with E-state index >= 15 is 0 Å². The van der Waals surface area contributed by atoms with Crippen molar-refractivity contribution in [1.29, 1.82) is 0 Å². The average molecular weight is 219 g/mol. The Morgan fingerprint density at radius 3 is 2.19 bits per heavy atom. The standard InChI is InChI=1S/C13H21N3/c1-15(11-2-3-11)12-4-6-13(7-5-12)16-9-8-14-10-16/h8-13H,2-7H2,1H3. The van der Waals surface area contributed by atoms with Crippen LogP contribution in [0.2, 0.25) is 0 Å². The zero-order valence-electron chi connectivity index (χ0n) is 10.0. The van der Waals surface area contributed by atoms with Gasteiger partial charge in [-0.15, -0.1) is 0 Å². The molecule has 3 heteroatoms. The van der Waals surface area contributed by atoms with Crippen LogP contribution in [-0.4, -0.2) is 33.6 Å². The van der Waals surface area contributed by atoms with Gasteiger partial charge in [0.05, 0.1) is 6.33 Å². The SMILES string of the molecule is CN(C1CC1)C1CCC(n2ccnc2)CC1. The molecule has 0 N–H and O–H groups in total. The fraction of sp³-hybridized carbons (Fsp3) is 0.769. The van der Waals surface area contributed by atoms with Gasteiger partial charge in [0.25, 0.3) is 0 Å². The van der Waals surface area contributed by atoms with Crippen molar-refractivity contribution >= 4 is 0 Å². The second kappa shape index (κ2) is 4.21. The van der Waals surface area contributed by atoms with Crippen molar-refractivity contribution in [3.8, 4) is 0 Å². The number of hydrogen-bond donors (Lipinski definition) is 0. The molecule has 2 aliphatic rings. The first kappa shape index (κ1) is 10.3. The molecule has 3 rings (SSSR count). The first-order chi connectivity index (χ1) is 7.84. The Bertz CT molecular complexity index is 321. The van der Waals surface area contributed by atoms with Crippen LogP contribution in [0.25, 0.3) is 0 Å². The molecule has 1 heterocycles. The summed E-state index contributed by atoms with van der Waals surface area (Å²) in [5, 5.41) is 0. The third kappa shape index (κ3) is 2.01. The summed E-state index contributed by atoms with van der Waals surface area (Å²) >= 11 is 0. The highest BCUT2D eigenvalue weighted by atomic mass is 15.2. The van der Waals surface area contributed by atoms with E-state index in [2.05, 4.69) is 27.7 Å². The summed E-state index contributed by atoms with van der Waals surface area (Å²) < 4.78 is 2.29. The van der Waals surface area contributed by atoms with E-state index in [0.29, 0.717) is 6.04 Å². The molecule has 0 unspecified atom stereocenters. The van der Waals surface area contributed by atoms with Gasteiger partial charge >= 0.3 is 0 Å². The van der Waals surface area contributed by atoms with Gasteiger partial charge in [-0.2, -0.15) is 0 Å². The molecule has 2 aliphatic carbocycles. The van der Waals surface area contributed by atoms with Crippen molar-refractivity contribution in [2.75, 3.05) is 7.05 Å². The van der Waals surface area contributed by atoms with Crippen molar-refractivity contribution in [2.45, 2.75) is 56.7 Å². The topological polar surface area (TPSA) is 21.1 Å². The third-order valence-electron chi connectivity index (χ3n) is 4.31. The van der Waals surface area contributed by atoms with E-state index in [1.54, 1.807) is 0 Å². The highest BCUT2D eigenvalue weighted by Crippen LogP contribution is 2.35. The zero-order chi connectivity index (χ0) is 11.0. The van der Waals surface area contributed by atoms with Crippen molar-refractivity contribution in [3.05, 3.63) is 18.7 Å². The Morgan fingerprint density at radius 2 is 1.69 bits per heavy atom. The van der Waals surface area contributed by atoms with Crippen LogP contribution >= 0.6 is 0 Å². The molecule has 0 aromatic carbocycles.